The Balaban J connectivity index is 0.00000280. The molecule has 0 aliphatic carbocycles. The summed E-state index contributed by atoms with van der Waals surface area (Å²) < 4.78 is 51.7. The van der Waals surface area contributed by atoms with Crippen molar-refractivity contribution in [1.82, 2.24) is 5.32 Å². The van der Waals surface area contributed by atoms with Gasteiger partial charge in [-0.05, 0) is 48.8 Å². The summed E-state index contributed by atoms with van der Waals surface area (Å²) in [5.74, 6) is -2.43. The highest BCUT2D eigenvalue weighted by Gasteiger charge is 2.28. The van der Waals surface area contributed by atoms with E-state index in [9.17, 15) is 22.0 Å². The van der Waals surface area contributed by atoms with Gasteiger partial charge in [-0.1, -0.05) is 19.1 Å². The molecule has 1 amide bonds. The summed E-state index contributed by atoms with van der Waals surface area (Å²) in [5, 5.41) is 5.91. The summed E-state index contributed by atoms with van der Waals surface area (Å²) in [6, 6.07) is 8.77. The largest absolute Gasteiger partial charge is 0.326 e. The quantitative estimate of drug-likeness (QED) is 0.690. The normalized spacial score (nSPS) is 15.2. The summed E-state index contributed by atoms with van der Waals surface area (Å²) in [6.07, 6.45) is 0. The fourth-order valence-electron chi connectivity index (χ4n) is 2.90. The Kier molecular flexibility index (Phi) is 7.14. The van der Waals surface area contributed by atoms with E-state index in [0.29, 0.717) is 17.3 Å². The molecule has 0 spiro atoms. The first kappa shape index (κ1) is 22.3. The number of rotatable bonds is 6. The number of amides is 1. The highest BCUT2D eigenvalue weighted by Crippen LogP contribution is 2.23. The molecule has 5 nitrogen and oxygen atoms in total. The van der Waals surface area contributed by atoms with Crippen LogP contribution in [0.2, 0.25) is 0 Å². The monoisotopic (exact) mass is 430 g/mol. The Morgan fingerprint density at radius 3 is 2.54 bits per heavy atom. The summed E-state index contributed by atoms with van der Waals surface area (Å²) in [7, 11) is -3.99. The van der Waals surface area contributed by atoms with Gasteiger partial charge in [0.25, 0.3) is 0 Å². The topological polar surface area (TPSA) is 75.3 Å². The van der Waals surface area contributed by atoms with Gasteiger partial charge in [-0.25, -0.2) is 17.2 Å². The fourth-order valence-corrected chi connectivity index (χ4v) is 4.30. The lowest BCUT2D eigenvalue weighted by molar-refractivity contribution is -0.121. The zero-order valence-electron chi connectivity index (χ0n) is 15.1. The lowest BCUT2D eigenvalue weighted by atomic mass is 9.88. The predicted octanol–water partition coefficient (Wildman–Crippen LogP) is 3.15. The second-order valence-electron chi connectivity index (χ2n) is 6.73. The smallest absolute Gasteiger partial charge is 0.227 e. The van der Waals surface area contributed by atoms with Crippen LogP contribution in [-0.4, -0.2) is 27.4 Å². The molecular weight excluding hydrogens is 410 g/mol. The van der Waals surface area contributed by atoms with Crippen molar-refractivity contribution < 1.29 is 22.0 Å². The molecule has 28 heavy (non-hydrogen) atoms. The minimum Gasteiger partial charge on any atom is -0.326 e. The lowest BCUT2D eigenvalue weighted by Gasteiger charge is -2.31. The van der Waals surface area contributed by atoms with E-state index in [1.165, 1.54) is 0 Å². The third kappa shape index (κ3) is 5.06. The van der Waals surface area contributed by atoms with Crippen molar-refractivity contribution in [2.75, 3.05) is 18.4 Å². The summed E-state index contributed by atoms with van der Waals surface area (Å²) in [4.78, 5) is 11.7. The van der Waals surface area contributed by atoms with Gasteiger partial charge in [0, 0.05) is 17.7 Å². The van der Waals surface area contributed by atoms with Gasteiger partial charge in [0.2, 0.25) is 5.91 Å². The van der Waals surface area contributed by atoms with Crippen LogP contribution in [0.25, 0.3) is 0 Å². The average molecular weight is 431 g/mol. The number of halogens is 3. The zero-order chi connectivity index (χ0) is 19.6. The molecule has 1 aliphatic rings. The summed E-state index contributed by atoms with van der Waals surface area (Å²) in [5.41, 5.74) is 0.876. The molecule has 0 bridgehead atoms. The van der Waals surface area contributed by atoms with Gasteiger partial charge < -0.3 is 10.6 Å². The Hall–Kier alpha value is -2.03. The first-order valence-corrected chi connectivity index (χ1v) is 10.2. The number of sulfone groups is 1. The van der Waals surface area contributed by atoms with Crippen LogP contribution in [0.3, 0.4) is 0 Å². The molecule has 1 fully saturated rings. The highest BCUT2D eigenvalue weighted by molar-refractivity contribution is 7.90. The number of carbonyl (C=O) groups excluding carboxylic acids is 1. The Labute approximate surface area is 168 Å². The first-order valence-electron chi connectivity index (χ1n) is 8.54. The van der Waals surface area contributed by atoms with E-state index in [1.54, 1.807) is 24.3 Å². The molecule has 1 unspecified atom stereocenters. The van der Waals surface area contributed by atoms with E-state index in [1.807, 2.05) is 6.92 Å². The molecule has 152 valence electrons. The molecule has 3 rings (SSSR count). The minimum absolute atomic E-state index is 0. The van der Waals surface area contributed by atoms with Crippen molar-refractivity contribution in [3.05, 3.63) is 59.7 Å². The molecular formula is C19H21ClF2N2O3S. The molecule has 2 N–H and O–H groups in total. The van der Waals surface area contributed by atoms with Crippen molar-refractivity contribution in [1.29, 1.82) is 0 Å². The van der Waals surface area contributed by atoms with Crippen LogP contribution in [-0.2, 0) is 20.4 Å². The van der Waals surface area contributed by atoms with E-state index in [0.717, 1.165) is 25.2 Å². The van der Waals surface area contributed by atoms with E-state index in [2.05, 4.69) is 10.6 Å². The second-order valence-corrected chi connectivity index (χ2v) is 8.69. The van der Waals surface area contributed by atoms with Crippen LogP contribution in [0, 0.1) is 23.5 Å². The van der Waals surface area contributed by atoms with E-state index in [-0.39, 0.29) is 30.2 Å². The van der Waals surface area contributed by atoms with Crippen LogP contribution in [0.15, 0.2) is 47.4 Å². The fraction of sp³-hybridized carbons (Fsp3) is 0.316. The number of hydrogen-bond acceptors (Lipinski definition) is 4. The first-order chi connectivity index (χ1) is 12.8. The zero-order valence-corrected chi connectivity index (χ0v) is 16.7. The Morgan fingerprint density at radius 2 is 1.93 bits per heavy atom. The summed E-state index contributed by atoms with van der Waals surface area (Å²) in [6.45, 7) is 3.46. The van der Waals surface area contributed by atoms with Crippen molar-refractivity contribution in [2.45, 2.75) is 17.6 Å². The van der Waals surface area contributed by atoms with Crippen molar-refractivity contribution in [3.63, 3.8) is 0 Å². The molecule has 2 aromatic rings. The van der Waals surface area contributed by atoms with Crippen LogP contribution in [0.4, 0.5) is 14.5 Å². The third-order valence-electron chi connectivity index (χ3n) is 4.71. The Bertz CT molecular complexity index is 965. The van der Waals surface area contributed by atoms with Crippen LogP contribution < -0.4 is 10.6 Å². The SMILES string of the molecule is CC(C(=O)Nc1cccc(CS(=O)(=O)c2ccc(F)cc2F)c1)C1CNC1.Cl. The molecule has 9 heteroatoms. The molecule has 1 heterocycles. The van der Waals surface area contributed by atoms with Crippen LogP contribution in [0.5, 0.6) is 0 Å². The molecule has 0 radical (unpaired) electrons. The second kappa shape index (κ2) is 8.98. The molecule has 0 saturated carbocycles. The minimum atomic E-state index is -3.99. The number of anilines is 1. The van der Waals surface area contributed by atoms with Gasteiger partial charge in [0.1, 0.15) is 16.5 Å². The lowest BCUT2D eigenvalue weighted by Crippen LogP contribution is -2.48. The molecule has 0 aromatic heterocycles. The summed E-state index contributed by atoms with van der Waals surface area (Å²) >= 11 is 0. The molecule has 2 aromatic carbocycles. The van der Waals surface area contributed by atoms with Gasteiger partial charge in [0.15, 0.2) is 9.84 Å². The third-order valence-corrected chi connectivity index (χ3v) is 6.43. The van der Waals surface area contributed by atoms with Crippen molar-refractivity contribution >= 4 is 33.8 Å². The highest BCUT2D eigenvalue weighted by atomic mass is 35.5. The standard InChI is InChI=1S/C19H20F2N2O3S.ClH/c1-12(14-9-22-10-14)19(24)23-16-4-2-3-13(7-16)11-27(25,26)18-6-5-15(20)8-17(18)21;/h2-8,12,14,22H,9-11H2,1H3,(H,23,24);1H. The number of benzene rings is 2. The number of hydrogen-bond donors (Lipinski definition) is 2. The maximum atomic E-state index is 13.8. The maximum Gasteiger partial charge on any atom is 0.227 e. The van der Waals surface area contributed by atoms with Gasteiger partial charge in [-0.3, -0.25) is 4.79 Å². The van der Waals surface area contributed by atoms with E-state index < -0.39 is 32.1 Å². The van der Waals surface area contributed by atoms with Crippen LogP contribution >= 0.6 is 12.4 Å². The van der Waals surface area contributed by atoms with Crippen molar-refractivity contribution in [3.8, 4) is 0 Å². The van der Waals surface area contributed by atoms with Gasteiger partial charge in [0.05, 0.1) is 5.75 Å². The number of nitrogens with one attached hydrogen (secondary N) is 2. The van der Waals surface area contributed by atoms with Crippen LogP contribution in [0.1, 0.15) is 12.5 Å². The maximum absolute atomic E-state index is 13.8. The molecule has 1 saturated heterocycles. The van der Waals surface area contributed by atoms with Gasteiger partial charge in [-0.15, -0.1) is 12.4 Å². The van der Waals surface area contributed by atoms with E-state index >= 15 is 0 Å². The van der Waals surface area contributed by atoms with Gasteiger partial charge >= 0.3 is 0 Å². The Morgan fingerprint density at radius 1 is 1.21 bits per heavy atom. The van der Waals surface area contributed by atoms with Crippen molar-refractivity contribution in [2.24, 2.45) is 11.8 Å². The average Bonchev–Trinajstić information content (AvgIpc) is 2.52. The van der Waals surface area contributed by atoms with Gasteiger partial charge in [-0.2, -0.15) is 0 Å². The number of carbonyl (C=O) groups is 1. The molecule has 1 atom stereocenters. The predicted molar refractivity (Wildman–Crippen MR) is 105 cm³/mol. The molecule has 1 aliphatic heterocycles. The van der Waals surface area contributed by atoms with E-state index in [4.69, 9.17) is 0 Å².